The van der Waals surface area contributed by atoms with Crippen molar-refractivity contribution in [3.63, 3.8) is 0 Å². The Kier molecular flexibility index (Phi) is 5.05. The molecule has 3 heteroatoms. The number of rotatable bonds is 5. The lowest BCUT2D eigenvalue weighted by molar-refractivity contribution is 0.0164. The third kappa shape index (κ3) is 3.69. The summed E-state index contributed by atoms with van der Waals surface area (Å²) in [5, 5.41) is 3.69. The Labute approximate surface area is 112 Å². The molecule has 0 amide bonds. The van der Waals surface area contributed by atoms with E-state index in [2.05, 4.69) is 19.2 Å². The molecule has 4 unspecified atom stereocenters. The van der Waals surface area contributed by atoms with E-state index in [0.717, 1.165) is 31.5 Å². The normalized spacial score (nSPS) is 38.8. The quantitative estimate of drug-likeness (QED) is 0.791. The van der Waals surface area contributed by atoms with E-state index in [4.69, 9.17) is 10.5 Å². The SMILES string of the molecule is CC1CCCC(C(CN)NCC2(C)CCCO2)C1. The van der Waals surface area contributed by atoms with Gasteiger partial charge < -0.3 is 15.8 Å². The zero-order valence-corrected chi connectivity index (χ0v) is 12.1. The summed E-state index contributed by atoms with van der Waals surface area (Å²) in [5.41, 5.74) is 6.02. The Morgan fingerprint density at radius 2 is 2.22 bits per heavy atom. The molecule has 18 heavy (non-hydrogen) atoms. The highest BCUT2D eigenvalue weighted by Crippen LogP contribution is 2.31. The van der Waals surface area contributed by atoms with Crippen molar-refractivity contribution in [2.75, 3.05) is 19.7 Å². The maximum absolute atomic E-state index is 5.97. The Morgan fingerprint density at radius 1 is 1.39 bits per heavy atom. The van der Waals surface area contributed by atoms with Crippen LogP contribution in [0.4, 0.5) is 0 Å². The first-order valence-corrected chi connectivity index (χ1v) is 7.70. The van der Waals surface area contributed by atoms with E-state index < -0.39 is 0 Å². The molecule has 1 heterocycles. The smallest absolute Gasteiger partial charge is 0.0779 e. The third-order valence-corrected chi connectivity index (χ3v) is 4.84. The van der Waals surface area contributed by atoms with Crippen LogP contribution in [0.2, 0.25) is 0 Å². The van der Waals surface area contributed by atoms with Gasteiger partial charge >= 0.3 is 0 Å². The molecule has 3 N–H and O–H groups in total. The van der Waals surface area contributed by atoms with E-state index in [1.165, 1.54) is 38.5 Å². The summed E-state index contributed by atoms with van der Waals surface area (Å²) in [6.45, 7) is 7.24. The van der Waals surface area contributed by atoms with Gasteiger partial charge in [0.2, 0.25) is 0 Å². The largest absolute Gasteiger partial charge is 0.374 e. The maximum Gasteiger partial charge on any atom is 0.0779 e. The van der Waals surface area contributed by atoms with Gasteiger partial charge in [-0.1, -0.05) is 19.8 Å². The Morgan fingerprint density at radius 3 is 2.83 bits per heavy atom. The highest BCUT2D eigenvalue weighted by atomic mass is 16.5. The van der Waals surface area contributed by atoms with Crippen LogP contribution in [0.15, 0.2) is 0 Å². The van der Waals surface area contributed by atoms with Crippen molar-refractivity contribution in [3.05, 3.63) is 0 Å². The van der Waals surface area contributed by atoms with Crippen LogP contribution in [0, 0.1) is 11.8 Å². The van der Waals surface area contributed by atoms with Crippen molar-refractivity contribution in [2.45, 2.75) is 64.0 Å². The molecule has 1 saturated carbocycles. The van der Waals surface area contributed by atoms with Gasteiger partial charge in [-0.15, -0.1) is 0 Å². The molecule has 0 aromatic carbocycles. The number of hydrogen-bond donors (Lipinski definition) is 2. The van der Waals surface area contributed by atoms with Crippen molar-refractivity contribution in [2.24, 2.45) is 17.6 Å². The molecular formula is C15H30N2O. The minimum Gasteiger partial charge on any atom is -0.374 e. The molecule has 1 saturated heterocycles. The third-order valence-electron chi connectivity index (χ3n) is 4.84. The lowest BCUT2D eigenvalue weighted by Gasteiger charge is -2.35. The van der Waals surface area contributed by atoms with Gasteiger partial charge in [0, 0.05) is 25.7 Å². The van der Waals surface area contributed by atoms with E-state index in [-0.39, 0.29) is 5.60 Å². The van der Waals surface area contributed by atoms with Crippen molar-refractivity contribution in [1.29, 1.82) is 0 Å². The molecule has 0 bridgehead atoms. The predicted molar refractivity (Wildman–Crippen MR) is 75.6 cm³/mol. The molecule has 1 aliphatic carbocycles. The monoisotopic (exact) mass is 254 g/mol. The van der Waals surface area contributed by atoms with Crippen LogP contribution in [0.5, 0.6) is 0 Å². The first-order valence-electron chi connectivity index (χ1n) is 7.70. The first-order chi connectivity index (χ1) is 8.63. The van der Waals surface area contributed by atoms with E-state index in [0.29, 0.717) is 6.04 Å². The molecule has 0 aromatic heterocycles. The van der Waals surface area contributed by atoms with E-state index in [1.807, 2.05) is 0 Å². The fraction of sp³-hybridized carbons (Fsp3) is 1.00. The average molecular weight is 254 g/mol. The van der Waals surface area contributed by atoms with Crippen LogP contribution < -0.4 is 11.1 Å². The summed E-state index contributed by atoms with van der Waals surface area (Å²) in [6.07, 6.45) is 7.83. The molecule has 3 nitrogen and oxygen atoms in total. The molecule has 1 aliphatic heterocycles. The van der Waals surface area contributed by atoms with Gasteiger partial charge in [-0.3, -0.25) is 0 Å². The van der Waals surface area contributed by atoms with Gasteiger partial charge in [0.05, 0.1) is 5.60 Å². The van der Waals surface area contributed by atoms with E-state index >= 15 is 0 Å². The minimum absolute atomic E-state index is 0.0493. The zero-order valence-electron chi connectivity index (χ0n) is 12.1. The molecule has 2 aliphatic rings. The zero-order chi connectivity index (χ0) is 13.0. The van der Waals surface area contributed by atoms with Crippen molar-refractivity contribution < 1.29 is 4.74 Å². The van der Waals surface area contributed by atoms with E-state index in [1.54, 1.807) is 0 Å². The van der Waals surface area contributed by atoms with Gasteiger partial charge in [-0.2, -0.15) is 0 Å². The molecule has 2 fully saturated rings. The van der Waals surface area contributed by atoms with Gasteiger partial charge in [-0.05, 0) is 44.4 Å². The number of nitrogens with one attached hydrogen (secondary N) is 1. The van der Waals surface area contributed by atoms with Crippen LogP contribution in [-0.2, 0) is 4.74 Å². The summed E-state index contributed by atoms with van der Waals surface area (Å²) in [7, 11) is 0. The second kappa shape index (κ2) is 6.36. The first kappa shape index (κ1) is 14.3. The molecule has 4 atom stereocenters. The minimum atomic E-state index is 0.0493. The lowest BCUT2D eigenvalue weighted by atomic mass is 9.78. The molecule has 0 spiro atoms. The Balaban J connectivity index is 1.81. The molecule has 2 rings (SSSR count). The molecule has 106 valence electrons. The summed E-state index contributed by atoms with van der Waals surface area (Å²) in [5.74, 6) is 1.64. The van der Waals surface area contributed by atoms with Gasteiger partial charge in [0.25, 0.3) is 0 Å². The Bertz CT molecular complexity index is 251. The summed E-state index contributed by atoms with van der Waals surface area (Å²) < 4.78 is 5.84. The molecule has 0 aromatic rings. The highest BCUT2D eigenvalue weighted by molar-refractivity contribution is 4.88. The van der Waals surface area contributed by atoms with E-state index in [9.17, 15) is 0 Å². The van der Waals surface area contributed by atoms with Crippen LogP contribution in [0.25, 0.3) is 0 Å². The van der Waals surface area contributed by atoms with Crippen LogP contribution >= 0.6 is 0 Å². The average Bonchev–Trinajstić information content (AvgIpc) is 2.77. The second-order valence-corrected chi connectivity index (χ2v) is 6.66. The summed E-state index contributed by atoms with van der Waals surface area (Å²) >= 11 is 0. The standard InChI is InChI=1S/C15H30N2O/c1-12-5-3-6-13(9-12)14(10-16)17-11-15(2)7-4-8-18-15/h12-14,17H,3-11,16H2,1-2H3. The Hall–Kier alpha value is -0.120. The predicted octanol–water partition coefficient (Wildman–Crippen LogP) is 2.30. The topological polar surface area (TPSA) is 47.3 Å². The van der Waals surface area contributed by atoms with Crippen LogP contribution in [0.3, 0.4) is 0 Å². The second-order valence-electron chi connectivity index (χ2n) is 6.66. The maximum atomic E-state index is 5.97. The van der Waals surface area contributed by atoms with Gasteiger partial charge in [0.15, 0.2) is 0 Å². The van der Waals surface area contributed by atoms with Crippen molar-refractivity contribution in [1.82, 2.24) is 5.32 Å². The molecular weight excluding hydrogens is 224 g/mol. The van der Waals surface area contributed by atoms with Gasteiger partial charge in [0.1, 0.15) is 0 Å². The van der Waals surface area contributed by atoms with Crippen LogP contribution in [-0.4, -0.2) is 31.3 Å². The van der Waals surface area contributed by atoms with Crippen LogP contribution in [0.1, 0.15) is 52.4 Å². The number of hydrogen-bond acceptors (Lipinski definition) is 3. The number of ether oxygens (including phenoxy) is 1. The lowest BCUT2D eigenvalue weighted by Crippen LogP contribution is -2.49. The number of nitrogens with two attached hydrogens (primary N) is 1. The summed E-state index contributed by atoms with van der Waals surface area (Å²) in [4.78, 5) is 0. The van der Waals surface area contributed by atoms with Gasteiger partial charge in [-0.25, -0.2) is 0 Å². The fourth-order valence-electron chi connectivity index (χ4n) is 3.61. The summed E-state index contributed by atoms with van der Waals surface area (Å²) in [6, 6.07) is 0.480. The van der Waals surface area contributed by atoms with Crippen molar-refractivity contribution >= 4 is 0 Å². The van der Waals surface area contributed by atoms with Crippen molar-refractivity contribution in [3.8, 4) is 0 Å². The molecule has 0 radical (unpaired) electrons. The fourth-order valence-corrected chi connectivity index (χ4v) is 3.61. The highest BCUT2D eigenvalue weighted by Gasteiger charge is 2.32.